The molecule has 18 heavy (non-hydrogen) atoms. The van der Waals surface area contributed by atoms with Gasteiger partial charge in [-0.15, -0.1) is 0 Å². The van der Waals surface area contributed by atoms with Gasteiger partial charge in [-0.2, -0.15) is 0 Å². The molecule has 0 aliphatic carbocycles. The van der Waals surface area contributed by atoms with E-state index < -0.39 is 5.60 Å². The Balaban J connectivity index is 3.96. The first-order chi connectivity index (χ1) is 8.06. The molecule has 0 aromatic heterocycles. The number of nitrogens with one attached hydrogen (secondary N) is 2. The minimum atomic E-state index is -0.444. The molecule has 0 aromatic carbocycles. The van der Waals surface area contributed by atoms with Gasteiger partial charge < -0.3 is 15.4 Å². The number of hydrogen-bond acceptors (Lipinski definition) is 3. The second-order valence-electron chi connectivity index (χ2n) is 6.37. The van der Waals surface area contributed by atoms with Gasteiger partial charge in [-0.1, -0.05) is 20.4 Å². The molecule has 106 valence electrons. The minimum absolute atomic E-state index is 0.106. The van der Waals surface area contributed by atoms with Crippen molar-refractivity contribution in [3.63, 3.8) is 0 Å². The van der Waals surface area contributed by atoms with Gasteiger partial charge in [-0.05, 0) is 39.0 Å². The number of alkyl carbamates (subject to hydrolysis) is 1. The van der Waals surface area contributed by atoms with Crippen LogP contribution in [0.2, 0.25) is 0 Å². The number of hydrogen-bond donors (Lipinski definition) is 2. The largest absolute Gasteiger partial charge is 0.444 e. The highest BCUT2D eigenvalue weighted by atomic mass is 16.6. The second-order valence-corrected chi connectivity index (χ2v) is 6.37. The lowest BCUT2D eigenvalue weighted by Crippen LogP contribution is -2.34. The van der Waals surface area contributed by atoms with Crippen LogP contribution in [0.15, 0.2) is 12.3 Å². The van der Waals surface area contributed by atoms with Gasteiger partial charge >= 0.3 is 6.09 Å². The number of carbonyl (C=O) groups excluding carboxylic acids is 1. The highest BCUT2D eigenvalue weighted by Gasteiger charge is 2.20. The molecule has 4 heteroatoms. The highest BCUT2D eigenvalue weighted by molar-refractivity contribution is 5.67. The lowest BCUT2D eigenvalue weighted by Gasteiger charge is -2.26. The Hall–Kier alpha value is -1.19. The van der Waals surface area contributed by atoms with Crippen LogP contribution in [-0.2, 0) is 4.74 Å². The number of amides is 1. The number of carbonyl (C=O) groups is 1. The summed E-state index contributed by atoms with van der Waals surface area (Å²) in [5, 5.41) is 5.82. The third-order valence-corrected chi connectivity index (χ3v) is 2.52. The van der Waals surface area contributed by atoms with Crippen LogP contribution in [0.25, 0.3) is 0 Å². The van der Waals surface area contributed by atoms with Crippen LogP contribution in [0, 0.1) is 5.41 Å². The summed E-state index contributed by atoms with van der Waals surface area (Å²) < 4.78 is 5.17. The molecular weight excluding hydrogens is 228 g/mol. The summed E-state index contributed by atoms with van der Waals surface area (Å²) in [6, 6.07) is 0. The Morgan fingerprint density at radius 2 is 1.78 bits per heavy atom. The van der Waals surface area contributed by atoms with Gasteiger partial charge in [0.25, 0.3) is 0 Å². The molecular formula is C14H28N2O2. The summed E-state index contributed by atoms with van der Waals surface area (Å²) in [6.07, 6.45) is 1.41. The Kier molecular flexibility index (Phi) is 6.22. The molecule has 4 nitrogen and oxygen atoms in total. The van der Waals surface area contributed by atoms with Crippen LogP contribution < -0.4 is 10.6 Å². The van der Waals surface area contributed by atoms with E-state index in [1.165, 1.54) is 0 Å². The SMILES string of the molecule is C=C(CC(C)(C)CCNC(=O)OC(C)(C)C)NC. The summed E-state index contributed by atoms with van der Waals surface area (Å²) in [5.41, 5.74) is 0.673. The molecule has 0 bridgehead atoms. The van der Waals surface area contributed by atoms with E-state index in [0.29, 0.717) is 6.54 Å². The predicted octanol–water partition coefficient (Wildman–Crippen LogP) is 3.05. The van der Waals surface area contributed by atoms with Gasteiger partial charge in [-0.3, -0.25) is 0 Å². The van der Waals surface area contributed by atoms with Crippen molar-refractivity contribution in [3.8, 4) is 0 Å². The second kappa shape index (κ2) is 6.66. The summed E-state index contributed by atoms with van der Waals surface area (Å²) in [7, 11) is 1.87. The van der Waals surface area contributed by atoms with E-state index >= 15 is 0 Å². The van der Waals surface area contributed by atoms with Gasteiger partial charge in [0.15, 0.2) is 0 Å². The fourth-order valence-corrected chi connectivity index (χ4v) is 1.57. The van der Waals surface area contributed by atoms with Gasteiger partial charge in [0.1, 0.15) is 5.60 Å². The Morgan fingerprint density at radius 3 is 2.22 bits per heavy atom. The van der Waals surface area contributed by atoms with Crippen LogP contribution in [0.5, 0.6) is 0 Å². The summed E-state index contributed by atoms with van der Waals surface area (Å²) in [5.74, 6) is 0. The van der Waals surface area contributed by atoms with Gasteiger partial charge in [-0.25, -0.2) is 4.79 Å². The molecule has 0 fully saturated rings. The highest BCUT2D eigenvalue weighted by Crippen LogP contribution is 2.26. The molecule has 1 amide bonds. The Morgan fingerprint density at radius 1 is 1.22 bits per heavy atom. The molecule has 0 aliphatic heterocycles. The molecule has 0 aromatic rings. The lowest BCUT2D eigenvalue weighted by atomic mass is 9.84. The number of allylic oxidation sites excluding steroid dienone is 1. The molecule has 0 spiro atoms. The maximum atomic E-state index is 11.5. The van der Waals surface area contributed by atoms with Crippen molar-refractivity contribution in [3.05, 3.63) is 12.3 Å². The molecule has 2 N–H and O–H groups in total. The molecule has 0 saturated heterocycles. The van der Waals surface area contributed by atoms with Crippen LogP contribution >= 0.6 is 0 Å². The Labute approximate surface area is 111 Å². The van der Waals surface area contributed by atoms with Crippen molar-refractivity contribution in [1.29, 1.82) is 0 Å². The van der Waals surface area contributed by atoms with Crippen molar-refractivity contribution in [1.82, 2.24) is 10.6 Å². The van der Waals surface area contributed by atoms with Crippen LogP contribution in [-0.4, -0.2) is 25.3 Å². The van der Waals surface area contributed by atoms with Gasteiger partial charge in [0.2, 0.25) is 0 Å². The average Bonchev–Trinajstić information content (AvgIpc) is 2.13. The fraction of sp³-hybridized carbons (Fsp3) is 0.786. The number of ether oxygens (including phenoxy) is 1. The van der Waals surface area contributed by atoms with Crippen molar-refractivity contribution in [2.24, 2.45) is 5.41 Å². The molecule has 0 aliphatic rings. The van der Waals surface area contributed by atoms with E-state index in [-0.39, 0.29) is 11.5 Å². The van der Waals surface area contributed by atoms with Crippen LogP contribution in [0.4, 0.5) is 4.79 Å². The zero-order valence-corrected chi connectivity index (χ0v) is 12.6. The number of rotatable bonds is 6. The lowest BCUT2D eigenvalue weighted by molar-refractivity contribution is 0.0522. The van der Waals surface area contributed by atoms with Crippen molar-refractivity contribution >= 4 is 6.09 Å². The zero-order valence-electron chi connectivity index (χ0n) is 12.6. The summed E-state index contributed by atoms with van der Waals surface area (Å²) >= 11 is 0. The van der Waals surface area contributed by atoms with E-state index in [4.69, 9.17) is 4.74 Å². The van der Waals surface area contributed by atoms with E-state index in [2.05, 4.69) is 31.1 Å². The molecule has 0 saturated carbocycles. The minimum Gasteiger partial charge on any atom is -0.444 e. The first kappa shape index (κ1) is 16.8. The quantitative estimate of drug-likeness (QED) is 0.768. The van der Waals surface area contributed by atoms with Crippen molar-refractivity contribution < 1.29 is 9.53 Å². The monoisotopic (exact) mass is 256 g/mol. The standard InChI is InChI=1S/C14H28N2O2/c1-11(15-7)10-14(5,6)8-9-16-12(17)18-13(2,3)4/h15H,1,8-10H2,2-7H3,(H,16,17). The molecule has 0 radical (unpaired) electrons. The third-order valence-electron chi connectivity index (χ3n) is 2.52. The maximum absolute atomic E-state index is 11.5. The normalized spacial score (nSPS) is 11.9. The van der Waals surface area contributed by atoms with E-state index in [9.17, 15) is 4.79 Å². The molecule has 0 heterocycles. The fourth-order valence-electron chi connectivity index (χ4n) is 1.57. The van der Waals surface area contributed by atoms with Gasteiger partial charge in [0, 0.05) is 19.3 Å². The molecule has 0 atom stereocenters. The molecule has 0 unspecified atom stereocenters. The third kappa shape index (κ3) is 8.90. The maximum Gasteiger partial charge on any atom is 0.407 e. The van der Waals surface area contributed by atoms with Gasteiger partial charge in [0.05, 0.1) is 0 Å². The predicted molar refractivity (Wildman–Crippen MR) is 75.5 cm³/mol. The summed E-state index contributed by atoms with van der Waals surface area (Å²) in [6.45, 7) is 14.4. The van der Waals surface area contributed by atoms with E-state index in [1.54, 1.807) is 0 Å². The van der Waals surface area contributed by atoms with Crippen LogP contribution in [0.3, 0.4) is 0 Å². The smallest absolute Gasteiger partial charge is 0.407 e. The Bertz CT molecular complexity index is 291. The summed E-state index contributed by atoms with van der Waals surface area (Å²) in [4.78, 5) is 11.5. The van der Waals surface area contributed by atoms with E-state index in [1.807, 2.05) is 27.8 Å². The van der Waals surface area contributed by atoms with Crippen LogP contribution in [0.1, 0.15) is 47.5 Å². The zero-order chi connectivity index (χ0) is 14.4. The van der Waals surface area contributed by atoms with E-state index in [0.717, 1.165) is 18.5 Å². The average molecular weight is 256 g/mol. The topological polar surface area (TPSA) is 50.4 Å². The van der Waals surface area contributed by atoms with Crippen molar-refractivity contribution in [2.75, 3.05) is 13.6 Å². The van der Waals surface area contributed by atoms with Crippen molar-refractivity contribution in [2.45, 2.75) is 53.1 Å². The molecule has 0 rings (SSSR count). The first-order valence-corrected chi connectivity index (χ1v) is 6.38. The first-order valence-electron chi connectivity index (χ1n) is 6.38.